The number of aryl methyl sites for hydroxylation is 1. The Kier molecular flexibility index (Phi) is 15.0. The third-order valence-electron chi connectivity index (χ3n) is 8.57. The number of hydrogen-bond donors (Lipinski definition) is 0. The summed E-state index contributed by atoms with van der Waals surface area (Å²) in [6.45, 7) is 3.74. The summed E-state index contributed by atoms with van der Waals surface area (Å²) in [5, 5.41) is 12.7. The van der Waals surface area contributed by atoms with Gasteiger partial charge in [-0.1, -0.05) is 86.7 Å². The van der Waals surface area contributed by atoms with Crippen LogP contribution in [-0.2, 0) is 11.2 Å². The zero-order valence-electron chi connectivity index (χ0n) is 27.0. The van der Waals surface area contributed by atoms with E-state index in [2.05, 4.69) is 111 Å². The Hall–Kier alpha value is -3.62. The molecular formula is C39H49O4P. The van der Waals surface area contributed by atoms with Crippen LogP contribution in [-0.4, -0.2) is 26.9 Å². The highest BCUT2D eigenvalue weighted by Crippen LogP contribution is 2.56. The molecule has 0 N–H and O–H groups in total. The van der Waals surface area contributed by atoms with Gasteiger partial charge in [0.15, 0.2) is 0 Å². The summed E-state index contributed by atoms with van der Waals surface area (Å²) in [7, 11) is 1.84. The quantitative estimate of drug-likeness (QED) is 0.0755. The molecule has 0 fully saturated rings. The third kappa shape index (κ3) is 9.19. The standard InChI is InChI=1S/C38H48O2P.CH2O2/c1-31-32(2)38(40-4)33(30-37(31)39-3)22-14-9-7-5-6-8-10-21-29-41(34-23-15-11-16-24-34,35-25-17-12-18-26-35)36-27-19-13-20-28-36;2-1-3/h11-13,15-20,23-28,30H,5-10,14,21-22,29H2,1-4H3;1H,(H,2,3)/q+1;/p-1. The highest BCUT2D eigenvalue weighted by atomic mass is 31.2. The maximum atomic E-state index is 8.25. The average Bonchev–Trinajstić information content (AvgIpc) is 3.07. The summed E-state index contributed by atoms with van der Waals surface area (Å²) in [6, 6.07) is 36.0. The van der Waals surface area contributed by atoms with Gasteiger partial charge in [0.25, 0.3) is 0 Å². The molecule has 4 nitrogen and oxygen atoms in total. The lowest BCUT2D eigenvalue weighted by atomic mass is 9.98. The van der Waals surface area contributed by atoms with Crippen LogP contribution in [0.1, 0.15) is 68.1 Å². The molecule has 0 bridgehead atoms. The van der Waals surface area contributed by atoms with Crippen molar-refractivity contribution in [2.24, 2.45) is 0 Å². The van der Waals surface area contributed by atoms with Crippen molar-refractivity contribution in [2.75, 3.05) is 20.4 Å². The van der Waals surface area contributed by atoms with Crippen molar-refractivity contribution < 1.29 is 19.4 Å². The summed E-state index contributed by atoms with van der Waals surface area (Å²) in [4.78, 5) is 8.25. The molecule has 0 aliphatic carbocycles. The summed E-state index contributed by atoms with van der Waals surface area (Å²) in [5.74, 6) is 2.00. The van der Waals surface area contributed by atoms with Crippen LogP contribution in [0.25, 0.3) is 0 Å². The van der Waals surface area contributed by atoms with Crippen molar-refractivity contribution in [1.82, 2.24) is 0 Å². The minimum atomic E-state index is -1.69. The molecule has 4 aromatic rings. The van der Waals surface area contributed by atoms with Crippen LogP contribution in [0, 0.1) is 13.8 Å². The number of rotatable bonds is 16. The molecule has 0 saturated heterocycles. The van der Waals surface area contributed by atoms with Crippen LogP contribution in [0.2, 0.25) is 0 Å². The van der Waals surface area contributed by atoms with E-state index in [-0.39, 0.29) is 0 Å². The molecule has 44 heavy (non-hydrogen) atoms. The predicted octanol–water partition coefficient (Wildman–Crippen LogP) is 7.34. The molecule has 0 saturated carbocycles. The molecule has 0 radical (unpaired) electrons. The summed E-state index contributed by atoms with van der Waals surface area (Å²) in [5.41, 5.74) is 3.64. The van der Waals surface area contributed by atoms with E-state index in [1.807, 2.05) is 0 Å². The monoisotopic (exact) mass is 612 g/mol. The highest BCUT2D eigenvalue weighted by Gasteiger charge is 2.44. The van der Waals surface area contributed by atoms with Crippen molar-refractivity contribution in [1.29, 1.82) is 0 Å². The molecule has 5 heteroatoms. The molecule has 234 valence electrons. The Morgan fingerprint density at radius 1 is 0.614 bits per heavy atom. The Morgan fingerprint density at radius 3 is 1.43 bits per heavy atom. The Bertz CT molecular complexity index is 1280. The topological polar surface area (TPSA) is 58.6 Å². The van der Waals surface area contributed by atoms with Gasteiger partial charge >= 0.3 is 0 Å². The van der Waals surface area contributed by atoms with Crippen molar-refractivity contribution >= 4 is 29.6 Å². The average molecular weight is 613 g/mol. The second-order valence-electron chi connectivity index (χ2n) is 11.2. The second-order valence-corrected chi connectivity index (χ2v) is 14.9. The van der Waals surface area contributed by atoms with Gasteiger partial charge in [-0.05, 0) is 98.7 Å². The first-order valence-corrected chi connectivity index (χ1v) is 17.8. The molecule has 0 aliphatic heterocycles. The van der Waals surface area contributed by atoms with E-state index in [0.29, 0.717) is 0 Å². The van der Waals surface area contributed by atoms with E-state index in [0.717, 1.165) is 17.9 Å². The van der Waals surface area contributed by atoms with Gasteiger partial charge in [0, 0.05) is 6.47 Å². The van der Waals surface area contributed by atoms with Crippen molar-refractivity contribution in [3.63, 3.8) is 0 Å². The summed E-state index contributed by atoms with van der Waals surface area (Å²) in [6.07, 6.45) is 12.6. The minimum Gasteiger partial charge on any atom is -0.554 e. The van der Waals surface area contributed by atoms with Crippen LogP contribution >= 0.6 is 7.26 Å². The van der Waals surface area contributed by atoms with Gasteiger partial charge in [0.05, 0.1) is 20.4 Å². The molecule has 0 heterocycles. The first-order valence-electron chi connectivity index (χ1n) is 15.8. The molecule has 0 aliphatic rings. The van der Waals surface area contributed by atoms with E-state index < -0.39 is 13.7 Å². The molecule has 0 atom stereocenters. The first kappa shape index (κ1) is 34.9. The minimum absolute atomic E-state index is 0.500. The Morgan fingerprint density at radius 2 is 1.02 bits per heavy atom. The van der Waals surface area contributed by atoms with Crippen molar-refractivity contribution in [3.05, 3.63) is 114 Å². The largest absolute Gasteiger partial charge is 0.554 e. The number of methoxy groups -OCH3 is 2. The number of carboxylic acid groups (broad SMARTS) is 1. The van der Waals surface area contributed by atoms with Crippen LogP contribution < -0.4 is 30.5 Å². The summed E-state index contributed by atoms with van der Waals surface area (Å²) < 4.78 is 11.3. The van der Waals surface area contributed by atoms with Gasteiger partial charge in [-0.15, -0.1) is 0 Å². The van der Waals surface area contributed by atoms with Gasteiger partial charge in [0.2, 0.25) is 0 Å². The zero-order chi connectivity index (χ0) is 31.6. The molecule has 0 amide bonds. The van der Waals surface area contributed by atoms with Crippen LogP contribution in [0.5, 0.6) is 11.5 Å². The number of ether oxygens (including phenoxy) is 2. The molecule has 0 spiro atoms. The number of unbranched alkanes of at least 4 members (excludes halogenated alkanes) is 7. The molecule has 4 aromatic carbocycles. The number of benzene rings is 4. The highest BCUT2D eigenvalue weighted by molar-refractivity contribution is 7.95. The SMILES string of the molecule is COc1cc(CCCCCCCCCC[P+](c2ccccc2)(c2ccccc2)c2ccccc2)c(OC)c(C)c1C.O=C[O-]. The van der Waals surface area contributed by atoms with Gasteiger partial charge in [-0.25, -0.2) is 0 Å². The third-order valence-corrected chi connectivity index (χ3v) is 13.1. The number of carbonyl (C=O) groups excluding carboxylic acids is 1. The maximum Gasteiger partial charge on any atom is 0.125 e. The smallest absolute Gasteiger partial charge is 0.125 e. The van der Waals surface area contributed by atoms with Crippen molar-refractivity contribution in [3.8, 4) is 11.5 Å². The Labute approximate surface area is 265 Å². The normalized spacial score (nSPS) is 10.9. The zero-order valence-corrected chi connectivity index (χ0v) is 27.9. The number of carbonyl (C=O) groups is 1. The van der Waals surface area contributed by atoms with E-state index >= 15 is 0 Å². The first-order chi connectivity index (χ1) is 21.5. The number of hydrogen-bond acceptors (Lipinski definition) is 4. The maximum absolute atomic E-state index is 8.25. The molecule has 0 unspecified atom stereocenters. The van der Waals surface area contributed by atoms with Crippen LogP contribution in [0.15, 0.2) is 97.1 Å². The van der Waals surface area contributed by atoms with Crippen LogP contribution in [0.3, 0.4) is 0 Å². The van der Waals surface area contributed by atoms with E-state index in [1.165, 1.54) is 90.1 Å². The predicted molar refractivity (Wildman–Crippen MR) is 186 cm³/mol. The van der Waals surface area contributed by atoms with Gasteiger partial charge in [-0.2, -0.15) is 0 Å². The van der Waals surface area contributed by atoms with Gasteiger partial charge < -0.3 is 19.4 Å². The molecule has 4 rings (SSSR count). The van der Waals surface area contributed by atoms with Crippen LogP contribution in [0.4, 0.5) is 0 Å². The summed E-state index contributed by atoms with van der Waals surface area (Å²) >= 11 is 0. The van der Waals surface area contributed by atoms with E-state index in [9.17, 15) is 0 Å². The second kappa shape index (κ2) is 18.9. The van der Waals surface area contributed by atoms with Gasteiger partial charge in [-0.3, -0.25) is 0 Å². The fraction of sp³-hybridized carbons (Fsp3) is 0.359. The molecular weight excluding hydrogens is 563 g/mol. The van der Waals surface area contributed by atoms with Gasteiger partial charge in [0.1, 0.15) is 34.7 Å². The van der Waals surface area contributed by atoms with E-state index in [4.69, 9.17) is 19.4 Å². The lowest BCUT2D eigenvalue weighted by Gasteiger charge is -2.27. The fourth-order valence-electron chi connectivity index (χ4n) is 6.22. The lowest BCUT2D eigenvalue weighted by Crippen LogP contribution is -2.33. The fourth-order valence-corrected chi connectivity index (χ4v) is 10.6. The Balaban J connectivity index is 0.00000169. The molecule has 0 aromatic heterocycles. The lowest BCUT2D eigenvalue weighted by molar-refractivity contribution is -0.283. The van der Waals surface area contributed by atoms with E-state index in [1.54, 1.807) is 14.2 Å². The van der Waals surface area contributed by atoms with Crippen molar-refractivity contribution in [2.45, 2.75) is 71.6 Å².